The predicted octanol–water partition coefficient (Wildman–Crippen LogP) is 3.14. The van der Waals surface area contributed by atoms with E-state index >= 15 is 0 Å². The van der Waals surface area contributed by atoms with Gasteiger partial charge in [0.05, 0.1) is 24.7 Å². The number of nitrogens with one attached hydrogen (secondary N) is 1. The van der Waals surface area contributed by atoms with Crippen molar-refractivity contribution in [2.24, 2.45) is 7.05 Å². The Kier molecular flexibility index (Phi) is 5.02. The third kappa shape index (κ3) is 3.26. The fourth-order valence-electron chi connectivity index (χ4n) is 5.71. The molecule has 2 aromatic carbocycles. The Morgan fingerprint density at radius 1 is 1.17 bits per heavy atom. The molecule has 0 fully saturated rings. The smallest absolute Gasteiger partial charge is 0.420 e. The summed E-state index contributed by atoms with van der Waals surface area (Å²) < 4.78 is 50.3. The van der Waals surface area contributed by atoms with Gasteiger partial charge in [0.1, 0.15) is 11.4 Å². The Hall–Kier alpha value is -3.11. The van der Waals surface area contributed by atoms with Crippen LogP contribution in [0.5, 0.6) is 5.75 Å². The van der Waals surface area contributed by atoms with Crippen LogP contribution in [0.3, 0.4) is 0 Å². The van der Waals surface area contributed by atoms with Gasteiger partial charge in [-0.3, -0.25) is 4.79 Å². The first-order chi connectivity index (χ1) is 16.3. The first kappa shape index (κ1) is 23.6. The molecule has 1 aliphatic heterocycles. The number of hydrogen-bond acceptors (Lipinski definition) is 6. The number of hydrogen-bond donors (Lipinski definition) is 3. The molecule has 0 saturated carbocycles. The van der Waals surface area contributed by atoms with E-state index in [9.17, 15) is 28.2 Å². The SMILES string of the molecule is Cn1ncc2c(NCC3(O)c4ccc5c(c4C(C)(C)CC3(O)C(F)(F)F)CCO5)cccc2c1=O. The average molecular weight is 489 g/mol. The van der Waals surface area contributed by atoms with E-state index in [0.717, 1.165) is 10.2 Å². The largest absolute Gasteiger partial charge is 0.493 e. The highest BCUT2D eigenvalue weighted by Crippen LogP contribution is 2.58. The molecule has 5 rings (SSSR count). The monoisotopic (exact) mass is 489 g/mol. The molecule has 0 spiro atoms. The summed E-state index contributed by atoms with van der Waals surface area (Å²) in [6.07, 6.45) is -3.91. The van der Waals surface area contributed by atoms with Crippen molar-refractivity contribution in [3.05, 3.63) is 63.6 Å². The molecule has 2 aliphatic rings. The van der Waals surface area contributed by atoms with E-state index in [1.807, 2.05) is 0 Å². The maximum absolute atomic E-state index is 14.5. The molecule has 3 aromatic rings. The molecule has 2 atom stereocenters. The highest BCUT2D eigenvalue weighted by molar-refractivity contribution is 5.92. The van der Waals surface area contributed by atoms with Gasteiger partial charge in [-0.1, -0.05) is 26.0 Å². The zero-order valence-electron chi connectivity index (χ0n) is 19.5. The van der Waals surface area contributed by atoms with Gasteiger partial charge in [0.25, 0.3) is 5.56 Å². The molecule has 1 aliphatic carbocycles. The van der Waals surface area contributed by atoms with E-state index in [-0.39, 0.29) is 11.1 Å². The van der Waals surface area contributed by atoms with Crippen LogP contribution in [0, 0.1) is 0 Å². The second-order valence-electron chi connectivity index (χ2n) is 10.0. The first-order valence-corrected chi connectivity index (χ1v) is 11.3. The number of benzene rings is 2. The van der Waals surface area contributed by atoms with Crippen LogP contribution in [0.1, 0.15) is 37.0 Å². The molecule has 3 N–H and O–H groups in total. The standard InChI is InChI=1S/C25H26F3N3O4/c1-22(2)12-24(34,25(26,27)28)23(33,17-7-8-19-15(20(17)22)9-10-35-19)13-29-18-6-4-5-14-16(18)11-30-31(3)21(14)32/h4-8,11,29,33-34H,9-10,12-13H2,1-3H3. The van der Waals surface area contributed by atoms with Crippen LogP contribution in [-0.4, -0.2) is 44.9 Å². The maximum Gasteiger partial charge on any atom is 0.420 e. The molecule has 0 bridgehead atoms. The van der Waals surface area contributed by atoms with Crippen molar-refractivity contribution in [3.8, 4) is 5.75 Å². The van der Waals surface area contributed by atoms with E-state index in [2.05, 4.69) is 10.4 Å². The van der Waals surface area contributed by atoms with Crippen molar-refractivity contribution in [3.63, 3.8) is 0 Å². The lowest BCUT2D eigenvalue weighted by atomic mass is 9.57. The van der Waals surface area contributed by atoms with E-state index in [1.165, 1.54) is 19.3 Å². The zero-order chi connectivity index (χ0) is 25.4. The van der Waals surface area contributed by atoms with E-state index in [4.69, 9.17) is 4.74 Å². The summed E-state index contributed by atoms with van der Waals surface area (Å²) in [5, 5.41) is 30.6. The van der Waals surface area contributed by atoms with Crippen molar-refractivity contribution in [2.75, 3.05) is 18.5 Å². The van der Waals surface area contributed by atoms with Crippen LogP contribution in [-0.2, 0) is 24.5 Å². The van der Waals surface area contributed by atoms with Gasteiger partial charge >= 0.3 is 6.18 Å². The number of aliphatic hydroxyl groups is 2. The van der Waals surface area contributed by atoms with Gasteiger partial charge in [-0.05, 0) is 41.2 Å². The topological polar surface area (TPSA) is 96.6 Å². The Balaban J connectivity index is 1.67. The Morgan fingerprint density at radius 3 is 2.63 bits per heavy atom. The van der Waals surface area contributed by atoms with Crippen LogP contribution in [0.15, 0.2) is 41.3 Å². The Labute approximate surface area is 199 Å². The maximum atomic E-state index is 14.5. The van der Waals surface area contributed by atoms with Crippen LogP contribution < -0.4 is 15.6 Å². The average Bonchev–Trinajstić information content (AvgIpc) is 3.26. The van der Waals surface area contributed by atoms with Crippen LogP contribution in [0.2, 0.25) is 0 Å². The molecule has 2 unspecified atom stereocenters. The van der Waals surface area contributed by atoms with Gasteiger partial charge < -0.3 is 20.3 Å². The van der Waals surface area contributed by atoms with Gasteiger partial charge in [0.2, 0.25) is 0 Å². The number of halogens is 3. The number of nitrogens with zero attached hydrogens (tertiary/aromatic N) is 2. The third-order valence-electron chi connectivity index (χ3n) is 7.38. The number of ether oxygens (including phenoxy) is 1. The minimum atomic E-state index is -5.12. The highest BCUT2D eigenvalue weighted by atomic mass is 19.4. The second kappa shape index (κ2) is 7.44. The molecule has 35 heavy (non-hydrogen) atoms. The molecule has 0 radical (unpaired) electrons. The van der Waals surface area contributed by atoms with Crippen molar-refractivity contribution < 1.29 is 28.1 Å². The second-order valence-corrected chi connectivity index (χ2v) is 10.0. The number of aromatic nitrogens is 2. The number of fused-ring (bicyclic) bond motifs is 4. The van der Waals surface area contributed by atoms with Crippen LogP contribution >= 0.6 is 0 Å². The summed E-state index contributed by atoms with van der Waals surface area (Å²) in [5.74, 6) is 0.584. The quantitative estimate of drug-likeness (QED) is 0.523. The summed E-state index contributed by atoms with van der Waals surface area (Å²) in [7, 11) is 1.50. The molecule has 7 nitrogen and oxygen atoms in total. The lowest BCUT2D eigenvalue weighted by Gasteiger charge is -2.53. The third-order valence-corrected chi connectivity index (χ3v) is 7.38. The Morgan fingerprint density at radius 2 is 1.91 bits per heavy atom. The number of rotatable bonds is 3. The molecule has 1 aromatic heterocycles. The number of anilines is 1. The minimum absolute atomic E-state index is 0.0135. The van der Waals surface area contributed by atoms with Gasteiger partial charge in [-0.15, -0.1) is 0 Å². The molecular weight excluding hydrogens is 463 g/mol. The molecule has 0 saturated heterocycles. The van der Waals surface area contributed by atoms with Crippen molar-refractivity contribution in [2.45, 2.75) is 49.5 Å². The fraction of sp³-hybridized carbons (Fsp3) is 0.440. The summed E-state index contributed by atoms with van der Waals surface area (Å²) in [5.41, 5.74) is -5.94. The minimum Gasteiger partial charge on any atom is -0.493 e. The zero-order valence-corrected chi connectivity index (χ0v) is 19.5. The summed E-state index contributed by atoms with van der Waals surface area (Å²) >= 11 is 0. The summed E-state index contributed by atoms with van der Waals surface area (Å²) in [6, 6.07) is 7.74. The van der Waals surface area contributed by atoms with Crippen molar-refractivity contribution in [1.29, 1.82) is 0 Å². The fourth-order valence-corrected chi connectivity index (χ4v) is 5.71. The summed E-state index contributed by atoms with van der Waals surface area (Å²) in [6.45, 7) is 3.03. The lowest BCUT2D eigenvalue weighted by Crippen LogP contribution is -2.68. The van der Waals surface area contributed by atoms with Crippen molar-refractivity contribution in [1.82, 2.24) is 9.78 Å². The van der Waals surface area contributed by atoms with Crippen LogP contribution in [0.4, 0.5) is 18.9 Å². The van der Waals surface area contributed by atoms with Gasteiger partial charge in [-0.25, -0.2) is 4.68 Å². The predicted molar refractivity (Wildman–Crippen MR) is 124 cm³/mol. The molecule has 0 amide bonds. The van der Waals surface area contributed by atoms with Crippen LogP contribution in [0.25, 0.3) is 10.8 Å². The van der Waals surface area contributed by atoms with Gasteiger partial charge in [-0.2, -0.15) is 18.3 Å². The molecule has 2 heterocycles. The molecular formula is C25H26F3N3O4. The molecule has 186 valence electrons. The first-order valence-electron chi connectivity index (χ1n) is 11.3. The van der Waals surface area contributed by atoms with Crippen molar-refractivity contribution >= 4 is 16.5 Å². The number of aryl methyl sites for hydroxylation is 1. The summed E-state index contributed by atoms with van der Waals surface area (Å²) in [4.78, 5) is 12.5. The van der Waals surface area contributed by atoms with E-state index < -0.39 is 35.8 Å². The highest BCUT2D eigenvalue weighted by Gasteiger charge is 2.71. The Bertz CT molecular complexity index is 1400. The van der Waals surface area contributed by atoms with Gasteiger partial charge in [0, 0.05) is 30.1 Å². The lowest BCUT2D eigenvalue weighted by molar-refractivity contribution is -0.330. The molecule has 10 heteroatoms. The normalized spacial score (nSPS) is 25.1. The van der Waals surface area contributed by atoms with E-state index in [1.54, 1.807) is 38.1 Å². The van der Waals surface area contributed by atoms with E-state index in [0.29, 0.717) is 40.8 Å². The number of alkyl halides is 3. The van der Waals surface area contributed by atoms with Gasteiger partial charge in [0.15, 0.2) is 5.60 Å².